The summed E-state index contributed by atoms with van der Waals surface area (Å²) in [6.45, 7) is 0.219. The Hall–Kier alpha value is -4.65. The van der Waals surface area contributed by atoms with Gasteiger partial charge in [-0.25, -0.2) is 4.79 Å². The molecule has 7 heteroatoms. The topological polar surface area (TPSA) is 99.3 Å². The minimum absolute atomic E-state index is 0.138. The van der Waals surface area contributed by atoms with Gasteiger partial charge in [0, 0.05) is 35.6 Å². The molecule has 7 nitrogen and oxygen atoms in total. The number of amides is 4. The Morgan fingerprint density at radius 3 is 1.88 bits per heavy atom. The maximum absolute atomic E-state index is 12.4. The number of urea groups is 1. The molecule has 170 valence electrons. The fraction of sp³-hybridized carbons (Fsp3) is 0.0741. The molecule has 0 aliphatic rings. The normalized spacial score (nSPS) is 10.4. The van der Waals surface area contributed by atoms with Gasteiger partial charge in [0.25, 0.3) is 5.91 Å². The number of fused-ring (bicyclic) bond motifs is 1. The first-order chi connectivity index (χ1) is 16.6. The van der Waals surface area contributed by atoms with Crippen molar-refractivity contribution in [3.8, 4) is 0 Å². The highest BCUT2D eigenvalue weighted by Gasteiger charge is 2.08. The second-order valence-electron chi connectivity index (χ2n) is 7.64. The van der Waals surface area contributed by atoms with Crippen molar-refractivity contribution in [3.05, 3.63) is 103 Å². The van der Waals surface area contributed by atoms with E-state index in [0.29, 0.717) is 22.6 Å². The van der Waals surface area contributed by atoms with Gasteiger partial charge in [0.05, 0.1) is 0 Å². The van der Waals surface area contributed by atoms with E-state index in [9.17, 15) is 14.4 Å². The Morgan fingerprint density at radius 1 is 0.588 bits per heavy atom. The quantitative estimate of drug-likeness (QED) is 0.308. The third-order valence-electron chi connectivity index (χ3n) is 5.11. The Labute approximate surface area is 197 Å². The van der Waals surface area contributed by atoms with E-state index in [4.69, 9.17) is 0 Å². The van der Waals surface area contributed by atoms with Crippen LogP contribution in [0.25, 0.3) is 10.8 Å². The summed E-state index contributed by atoms with van der Waals surface area (Å²) in [6, 6.07) is 28.9. The fourth-order valence-electron chi connectivity index (χ4n) is 3.40. The van der Waals surface area contributed by atoms with Crippen molar-refractivity contribution >= 4 is 45.7 Å². The SMILES string of the molecule is O=C(CCNC(=O)c1ccc2ccccc2c1)Nc1ccc(NC(=O)Nc2ccccc2)cc1. The van der Waals surface area contributed by atoms with Crippen LogP contribution in [0.5, 0.6) is 0 Å². The zero-order chi connectivity index (χ0) is 23.8. The molecule has 4 rings (SSSR count). The van der Waals surface area contributed by atoms with Gasteiger partial charge in [-0.15, -0.1) is 0 Å². The molecule has 0 aromatic heterocycles. The van der Waals surface area contributed by atoms with Crippen molar-refractivity contribution in [2.24, 2.45) is 0 Å². The van der Waals surface area contributed by atoms with Gasteiger partial charge in [0.2, 0.25) is 5.91 Å². The number of nitrogens with one attached hydrogen (secondary N) is 4. The van der Waals surface area contributed by atoms with Gasteiger partial charge in [-0.05, 0) is 59.3 Å². The van der Waals surface area contributed by atoms with Gasteiger partial charge in [-0.2, -0.15) is 0 Å². The number of carbonyl (C=O) groups is 3. The molecule has 0 bridgehead atoms. The van der Waals surface area contributed by atoms with Crippen LogP contribution in [0.4, 0.5) is 21.9 Å². The molecule has 0 unspecified atom stereocenters. The van der Waals surface area contributed by atoms with E-state index < -0.39 is 0 Å². The van der Waals surface area contributed by atoms with E-state index in [2.05, 4.69) is 21.3 Å². The first-order valence-electron chi connectivity index (χ1n) is 10.9. The van der Waals surface area contributed by atoms with Crippen molar-refractivity contribution in [2.45, 2.75) is 6.42 Å². The molecule has 0 saturated heterocycles. The number of benzene rings is 4. The minimum atomic E-state index is -0.356. The Bertz CT molecular complexity index is 1300. The van der Waals surface area contributed by atoms with Gasteiger partial charge < -0.3 is 21.3 Å². The molecule has 0 atom stereocenters. The number of hydrogen-bond acceptors (Lipinski definition) is 3. The zero-order valence-corrected chi connectivity index (χ0v) is 18.4. The average molecular weight is 453 g/mol. The molecule has 4 amide bonds. The number of para-hydroxylation sites is 1. The molecule has 0 saturated carbocycles. The third-order valence-corrected chi connectivity index (χ3v) is 5.11. The second kappa shape index (κ2) is 10.8. The summed E-state index contributed by atoms with van der Waals surface area (Å²) in [5.74, 6) is -0.441. The van der Waals surface area contributed by atoms with E-state index in [1.165, 1.54) is 0 Å². The van der Waals surface area contributed by atoms with Crippen LogP contribution >= 0.6 is 0 Å². The number of anilines is 3. The summed E-state index contributed by atoms with van der Waals surface area (Å²) < 4.78 is 0. The predicted octanol–water partition coefficient (Wildman–Crippen LogP) is 5.24. The standard InChI is InChI=1S/C27H24N4O3/c32-25(16-17-28-26(33)21-11-10-19-6-4-5-7-20(19)18-21)29-23-12-14-24(15-13-23)31-27(34)30-22-8-2-1-3-9-22/h1-15,18H,16-17H2,(H,28,33)(H,29,32)(H2,30,31,34). The molecule has 4 aromatic carbocycles. The fourth-order valence-corrected chi connectivity index (χ4v) is 3.40. The zero-order valence-electron chi connectivity index (χ0n) is 18.4. The highest BCUT2D eigenvalue weighted by atomic mass is 16.2. The molecule has 34 heavy (non-hydrogen) atoms. The number of hydrogen-bond donors (Lipinski definition) is 4. The van der Waals surface area contributed by atoms with E-state index in [0.717, 1.165) is 10.8 Å². The maximum Gasteiger partial charge on any atom is 0.323 e. The Morgan fingerprint density at radius 2 is 1.18 bits per heavy atom. The highest BCUT2D eigenvalue weighted by molar-refractivity contribution is 6.00. The monoisotopic (exact) mass is 452 g/mol. The summed E-state index contributed by atoms with van der Waals surface area (Å²) in [5.41, 5.74) is 2.43. The molecule has 0 radical (unpaired) electrons. The first kappa shape index (κ1) is 22.5. The van der Waals surface area contributed by atoms with Crippen LogP contribution in [0.1, 0.15) is 16.8 Å². The molecule has 0 spiro atoms. The molecule has 0 aliphatic carbocycles. The van der Waals surface area contributed by atoms with Crippen molar-refractivity contribution in [1.82, 2.24) is 5.32 Å². The van der Waals surface area contributed by atoms with Crippen LogP contribution in [0, 0.1) is 0 Å². The van der Waals surface area contributed by atoms with Crippen LogP contribution in [0.2, 0.25) is 0 Å². The summed E-state index contributed by atoms with van der Waals surface area (Å²) in [6.07, 6.45) is 0.138. The highest BCUT2D eigenvalue weighted by Crippen LogP contribution is 2.16. The van der Waals surface area contributed by atoms with Crippen LogP contribution in [-0.4, -0.2) is 24.4 Å². The lowest BCUT2D eigenvalue weighted by molar-refractivity contribution is -0.116. The Balaban J connectivity index is 1.21. The van der Waals surface area contributed by atoms with Crippen LogP contribution < -0.4 is 21.3 Å². The summed E-state index contributed by atoms with van der Waals surface area (Å²) >= 11 is 0. The van der Waals surface area contributed by atoms with E-state index >= 15 is 0 Å². The van der Waals surface area contributed by atoms with Crippen molar-refractivity contribution in [1.29, 1.82) is 0 Å². The summed E-state index contributed by atoms with van der Waals surface area (Å²) in [7, 11) is 0. The smallest absolute Gasteiger partial charge is 0.323 e. The first-order valence-corrected chi connectivity index (χ1v) is 10.9. The van der Waals surface area contributed by atoms with Crippen molar-refractivity contribution < 1.29 is 14.4 Å². The number of rotatable bonds is 7. The molecule has 0 heterocycles. The largest absolute Gasteiger partial charge is 0.352 e. The second-order valence-corrected chi connectivity index (χ2v) is 7.64. The van der Waals surface area contributed by atoms with Gasteiger partial charge in [0.1, 0.15) is 0 Å². The van der Waals surface area contributed by atoms with E-state index in [-0.39, 0.29) is 30.8 Å². The summed E-state index contributed by atoms with van der Waals surface area (Å²) in [4.78, 5) is 36.7. The van der Waals surface area contributed by atoms with Crippen LogP contribution in [-0.2, 0) is 4.79 Å². The molecule has 4 aromatic rings. The summed E-state index contributed by atoms with van der Waals surface area (Å²) in [5, 5.41) is 13.1. The molecule has 4 N–H and O–H groups in total. The lowest BCUT2D eigenvalue weighted by Gasteiger charge is -2.10. The molecule has 0 aliphatic heterocycles. The lowest BCUT2D eigenvalue weighted by atomic mass is 10.1. The van der Waals surface area contributed by atoms with Crippen LogP contribution in [0.3, 0.4) is 0 Å². The van der Waals surface area contributed by atoms with E-state index in [1.807, 2.05) is 54.6 Å². The minimum Gasteiger partial charge on any atom is -0.352 e. The third kappa shape index (κ3) is 6.20. The van der Waals surface area contributed by atoms with Crippen LogP contribution in [0.15, 0.2) is 97.1 Å². The van der Waals surface area contributed by atoms with Gasteiger partial charge in [0.15, 0.2) is 0 Å². The Kier molecular flexibility index (Phi) is 7.15. The molecular weight excluding hydrogens is 428 g/mol. The maximum atomic E-state index is 12.4. The van der Waals surface area contributed by atoms with Gasteiger partial charge in [-0.1, -0.05) is 48.5 Å². The average Bonchev–Trinajstić information content (AvgIpc) is 2.85. The molecular formula is C27H24N4O3. The number of carbonyl (C=O) groups excluding carboxylic acids is 3. The van der Waals surface area contributed by atoms with E-state index in [1.54, 1.807) is 42.5 Å². The van der Waals surface area contributed by atoms with Gasteiger partial charge >= 0.3 is 6.03 Å². The van der Waals surface area contributed by atoms with Crippen molar-refractivity contribution in [3.63, 3.8) is 0 Å². The molecule has 0 fully saturated rings. The van der Waals surface area contributed by atoms with Crippen molar-refractivity contribution in [2.75, 3.05) is 22.5 Å². The van der Waals surface area contributed by atoms with Gasteiger partial charge in [-0.3, -0.25) is 9.59 Å². The predicted molar refractivity (Wildman–Crippen MR) is 135 cm³/mol. The lowest BCUT2D eigenvalue weighted by Crippen LogP contribution is -2.27.